The Balaban J connectivity index is 2.12. The molecule has 20 heavy (non-hydrogen) atoms. The van der Waals surface area contributed by atoms with E-state index in [2.05, 4.69) is 15.8 Å². The van der Waals surface area contributed by atoms with Gasteiger partial charge in [0, 0.05) is 11.8 Å². The molecule has 0 atom stereocenters. The van der Waals surface area contributed by atoms with E-state index in [4.69, 9.17) is 21.7 Å². The Kier molecular flexibility index (Phi) is 7.78. The molecule has 0 spiro atoms. The highest BCUT2D eigenvalue weighted by molar-refractivity contribution is 7.80. The third-order valence-electron chi connectivity index (χ3n) is 2.07. The summed E-state index contributed by atoms with van der Waals surface area (Å²) in [6.45, 7) is 4.02. The molecule has 6 nitrogen and oxygen atoms in total. The first kappa shape index (κ1) is 16.5. The minimum Gasteiger partial charge on any atom is -0.463 e. The van der Waals surface area contributed by atoms with Crippen molar-refractivity contribution in [3.8, 4) is 0 Å². The van der Waals surface area contributed by atoms with Gasteiger partial charge in [-0.25, -0.2) is 0 Å². The van der Waals surface area contributed by atoms with Gasteiger partial charge in [-0.3, -0.25) is 10.2 Å². The lowest BCUT2D eigenvalue weighted by Crippen LogP contribution is -2.34. The third-order valence-corrected chi connectivity index (χ3v) is 3.28. The van der Waals surface area contributed by atoms with E-state index in [1.54, 1.807) is 11.3 Å². The van der Waals surface area contributed by atoms with E-state index in [1.165, 1.54) is 6.92 Å². The lowest BCUT2D eigenvalue weighted by molar-refractivity contribution is -0.142. The van der Waals surface area contributed by atoms with Crippen molar-refractivity contribution in [1.82, 2.24) is 10.7 Å². The lowest BCUT2D eigenvalue weighted by Gasteiger charge is -2.08. The van der Waals surface area contributed by atoms with Crippen LogP contribution in [0, 0.1) is 0 Å². The molecule has 0 bridgehead atoms. The number of thiophene rings is 1. The second-order valence-electron chi connectivity index (χ2n) is 3.68. The normalized spacial score (nSPS) is 11.0. The summed E-state index contributed by atoms with van der Waals surface area (Å²) in [6, 6.07) is 3.95. The van der Waals surface area contributed by atoms with Crippen molar-refractivity contribution in [3.63, 3.8) is 0 Å². The van der Waals surface area contributed by atoms with Gasteiger partial charge >= 0.3 is 5.97 Å². The Bertz CT molecular complexity index is 461. The summed E-state index contributed by atoms with van der Waals surface area (Å²) in [6.07, 6.45) is 0. The average molecular weight is 315 g/mol. The molecule has 0 aliphatic carbocycles. The van der Waals surface area contributed by atoms with E-state index in [1.807, 2.05) is 24.4 Å². The summed E-state index contributed by atoms with van der Waals surface area (Å²) >= 11 is 6.64. The standard InChI is InChI=1S/C12H17N3O3S2/c1-9(11-4-3-7-20-11)14-15-12(19)13-8-17-5-6-18-10(2)16/h3-4,7H,5-6,8H2,1-2H3,(H2,13,15,19). The van der Waals surface area contributed by atoms with Gasteiger partial charge in [0.1, 0.15) is 13.3 Å². The van der Waals surface area contributed by atoms with Gasteiger partial charge in [-0.05, 0) is 30.6 Å². The molecule has 0 saturated heterocycles. The fourth-order valence-electron chi connectivity index (χ4n) is 1.15. The molecule has 0 fully saturated rings. The number of hydrazone groups is 1. The molecule has 0 unspecified atom stereocenters. The van der Waals surface area contributed by atoms with Gasteiger partial charge < -0.3 is 14.8 Å². The minimum absolute atomic E-state index is 0.223. The summed E-state index contributed by atoms with van der Waals surface area (Å²) in [5.74, 6) is -0.322. The van der Waals surface area contributed by atoms with E-state index >= 15 is 0 Å². The monoisotopic (exact) mass is 315 g/mol. The number of hydrogen-bond donors (Lipinski definition) is 2. The van der Waals surface area contributed by atoms with Crippen LogP contribution >= 0.6 is 23.6 Å². The molecule has 8 heteroatoms. The van der Waals surface area contributed by atoms with Crippen molar-refractivity contribution in [3.05, 3.63) is 22.4 Å². The van der Waals surface area contributed by atoms with Crippen LogP contribution in [-0.4, -0.2) is 36.7 Å². The molecule has 2 N–H and O–H groups in total. The number of ether oxygens (including phenoxy) is 2. The van der Waals surface area contributed by atoms with Gasteiger partial charge in [-0.1, -0.05) is 6.07 Å². The molecule has 1 aromatic heterocycles. The SMILES string of the molecule is CC(=O)OCCOCNC(=S)NN=C(C)c1cccs1. The molecule has 110 valence electrons. The van der Waals surface area contributed by atoms with E-state index < -0.39 is 0 Å². The molecule has 0 radical (unpaired) electrons. The highest BCUT2D eigenvalue weighted by Crippen LogP contribution is 2.08. The molecule has 1 heterocycles. The molecule has 0 aliphatic heterocycles. The highest BCUT2D eigenvalue weighted by atomic mass is 32.1. The van der Waals surface area contributed by atoms with Gasteiger partial charge in [-0.2, -0.15) is 5.10 Å². The van der Waals surface area contributed by atoms with Crippen LogP contribution in [0.25, 0.3) is 0 Å². The van der Waals surface area contributed by atoms with Gasteiger partial charge in [0.25, 0.3) is 0 Å². The Morgan fingerprint density at radius 2 is 2.25 bits per heavy atom. The molecule has 1 rings (SSSR count). The maximum Gasteiger partial charge on any atom is 0.302 e. The Morgan fingerprint density at radius 1 is 1.45 bits per heavy atom. The summed E-state index contributed by atoms with van der Waals surface area (Å²) in [5, 5.41) is 9.34. The number of esters is 1. The number of rotatable bonds is 7. The first-order valence-electron chi connectivity index (χ1n) is 5.92. The second-order valence-corrected chi connectivity index (χ2v) is 5.04. The number of hydrogen-bond acceptors (Lipinski definition) is 6. The number of nitrogens with zero attached hydrogens (tertiary/aromatic N) is 1. The molecule has 0 aromatic carbocycles. The molecule has 1 aromatic rings. The quantitative estimate of drug-likeness (QED) is 0.198. The number of carbonyl (C=O) groups is 1. The van der Waals surface area contributed by atoms with Gasteiger partial charge in [0.2, 0.25) is 0 Å². The minimum atomic E-state index is -0.322. The van der Waals surface area contributed by atoms with Crippen LogP contribution in [0.4, 0.5) is 0 Å². The Hall–Kier alpha value is -1.51. The fraction of sp³-hybridized carbons (Fsp3) is 0.417. The van der Waals surface area contributed by atoms with Crippen LogP contribution in [0.5, 0.6) is 0 Å². The largest absolute Gasteiger partial charge is 0.463 e. The zero-order chi connectivity index (χ0) is 14.8. The topological polar surface area (TPSA) is 72.0 Å². The average Bonchev–Trinajstić information content (AvgIpc) is 2.93. The van der Waals surface area contributed by atoms with Crippen molar-refractivity contribution in [1.29, 1.82) is 0 Å². The molecular formula is C12H17N3O3S2. The lowest BCUT2D eigenvalue weighted by atomic mass is 10.3. The molecule has 0 aliphatic rings. The number of nitrogens with one attached hydrogen (secondary N) is 2. The summed E-state index contributed by atoms with van der Waals surface area (Å²) in [4.78, 5) is 11.6. The van der Waals surface area contributed by atoms with Gasteiger partial charge in [0.05, 0.1) is 12.3 Å². The first-order valence-corrected chi connectivity index (χ1v) is 7.21. The molecular weight excluding hydrogens is 298 g/mol. The summed E-state index contributed by atoms with van der Waals surface area (Å²) < 4.78 is 9.88. The fourth-order valence-corrected chi connectivity index (χ4v) is 1.93. The second kappa shape index (κ2) is 9.40. The molecule has 0 amide bonds. The van der Waals surface area contributed by atoms with Crippen molar-refractivity contribution in [2.24, 2.45) is 5.10 Å². The van der Waals surface area contributed by atoms with E-state index in [9.17, 15) is 4.79 Å². The van der Waals surface area contributed by atoms with Crippen LogP contribution in [0.3, 0.4) is 0 Å². The van der Waals surface area contributed by atoms with Gasteiger partial charge in [0.15, 0.2) is 5.11 Å². The van der Waals surface area contributed by atoms with Crippen LogP contribution in [0.15, 0.2) is 22.6 Å². The van der Waals surface area contributed by atoms with Crippen LogP contribution < -0.4 is 10.7 Å². The van der Waals surface area contributed by atoms with Crippen LogP contribution in [0.2, 0.25) is 0 Å². The summed E-state index contributed by atoms with van der Waals surface area (Å²) in [7, 11) is 0. The Morgan fingerprint density at radius 3 is 2.90 bits per heavy atom. The zero-order valence-corrected chi connectivity index (χ0v) is 13.0. The van der Waals surface area contributed by atoms with E-state index in [-0.39, 0.29) is 19.3 Å². The van der Waals surface area contributed by atoms with E-state index in [0.717, 1.165) is 10.6 Å². The van der Waals surface area contributed by atoms with Crippen molar-refractivity contribution in [2.75, 3.05) is 19.9 Å². The first-order chi connectivity index (χ1) is 9.59. The highest BCUT2D eigenvalue weighted by Gasteiger charge is 1.99. The van der Waals surface area contributed by atoms with Crippen molar-refractivity contribution in [2.45, 2.75) is 13.8 Å². The van der Waals surface area contributed by atoms with Crippen molar-refractivity contribution >= 4 is 40.3 Å². The predicted octanol–water partition coefficient (Wildman–Crippen LogP) is 1.47. The van der Waals surface area contributed by atoms with Crippen molar-refractivity contribution < 1.29 is 14.3 Å². The molecule has 0 saturated carbocycles. The third kappa shape index (κ3) is 7.17. The van der Waals surface area contributed by atoms with Gasteiger partial charge in [-0.15, -0.1) is 11.3 Å². The Labute approximate surface area is 127 Å². The summed E-state index contributed by atoms with van der Waals surface area (Å²) in [5.41, 5.74) is 3.59. The predicted molar refractivity (Wildman–Crippen MR) is 82.9 cm³/mol. The maximum absolute atomic E-state index is 10.5. The maximum atomic E-state index is 10.5. The van der Waals surface area contributed by atoms with Crippen LogP contribution in [-0.2, 0) is 14.3 Å². The zero-order valence-electron chi connectivity index (χ0n) is 11.3. The smallest absolute Gasteiger partial charge is 0.302 e. The van der Waals surface area contributed by atoms with Crippen LogP contribution in [0.1, 0.15) is 18.7 Å². The number of carbonyl (C=O) groups excluding carboxylic acids is 1. The van der Waals surface area contributed by atoms with E-state index in [0.29, 0.717) is 11.7 Å². The number of thiocarbonyl (C=S) groups is 1.